The fourth-order valence-electron chi connectivity index (χ4n) is 2.43. The van der Waals surface area contributed by atoms with E-state index in [1.807, 2.05) is 59.1 Å². The molecule has 26 heavy (non-hydrogen) atoms. The molecule has 1 amide bonds. The van der Waals surface area contributed by atoms with Crippen LogP contribution in [0.1, 0.15) is 15.9 Å². The summed E-state index contributed by atoms with van der Waals surface area (Å²) in [5, 5.41) is 18.0. The lowest BCUT2D eigenvalue weighted by Gasteiger charge is -2.06. The molecule has 132 valence electrons. The molecule has 0 aliphatic rings. The number of hydrogen-bond donors (Lipinski definition) is 1. The van der Waals surface area contributed by atoms with Gasteiger partial charge in [-0.2, -0.15) is 5.10 Å². The summed E-state index contributed by atoms with van der Waals surface area (Å²) in [6.45, 7) is 0.415. The van der Waals surface area contributed by atoms with Crippen LogP contribution >= 0.6 is 22.6 Å². The molecule has 8 heteroatoms. The number of nitrogens with zero attached hydrogens (tertiary/aromatic N) is 3. The van der Waals surface area contributed by atoms with Gasteiger partial charge in [-0.25, -0.2) is 4.68 Å². The second kappa shape index (κ2) is 8.09. The van der Waals surface area contributed by atoms with Crippen LogP contribution in [-0.4, -0.2) is 27.2 Å². The standard InChI is InChI=1S/C18H15IN4O3/c19-17-7-6-15(23(25)26)10-16(17)18(24)20-9-8-13-11-21-22(12-13)14-4-2-1-3-5-14/h1-7,10-12H,8-9H2,(H,20,24). The van der Waals surface area contributed by atoms with Gasteiger partial charge >= 0.3 is 0 Å². The molecule has 1 N–H and O–H groups in total. The fraction of sp³-hybridized carbons (Fsp3) is 0.111. The first-order valence-electron chi connectivity index (χ1n) is 7.86. The fourth-order valence-corrected chi connectivity index (χ4v) is 3.01. The van der Waals surface area contributed by atoms with Gasteiger partial charge in [-0.3, -0.25) is 14.9 Å². The van der Waals surface area contributed by atoms with Crippen LogP contribution in [0.2, 0.25) is 0 Å². The van der Waals surface area contributed by atoms with E-state index in [0.29, 0.717) is 22.1 Å². The van der Waals surface area contributed by atoms with Crippen molar-refractivity contribution in [2.75, 3.05) is 6.54 Å². The average molecular weight is 462 g/mol. The quantitative estimate of drug-likeness (QED) is 0.346. The van der Waals surface area contributed by atoms with Gasteiger partial charge < -0.3 is 5.32 Å². The monoisotopic (exact) mass is 462 g/mol. The molecule has 1 heterocycles. The number of aromatic nitrogens is 2. The first kappa shape index (κ1) is 18.1. The molecule has 0 saturated carbocycles. The second-order valence-electron chi connectivity index (χ2n) is 5.56. The third-order valence-electron chi connectivity index (χ3n) is 3.76. The van der Waals surface area contributed by atoms with Crippen LogP contribution in [0, 0.1) is 13.7 Å². The molecule has 0 radical (unpaired) electrons. The topological polar surface area (TPSA) is 90.1 Å². The van der Waals surface area contributed by atoms with Crippen molar-refractivity contribution in [3.8, 4) is 5.69 Å². The van der Waals surface area contributed by atoms with Crippen LogP contribution < -0.4 is 5.32 Å². The van der Waals surface area contributed by atoms with Crippen molar-refractivity contribution in [3.05, 3.63) is 85.7 Å². The highest BCUT2D eigenvalue weighted by molar-refractivity contribution is 14.1. The van der Waals surface area contributed by atoms with Gasteiger partial charge in [-0.1, -0.05) is 18.2 Å². The molecular weight excluding hydrogens is 447 g/mol. The minimum Gasteiger partial charge on any atom is -0.352 e. The molecule has 0 aliphatic carbocycles. The molecule has 0 unspecified atom stereocenters. The zero-order valence-electron chi connectivity index (χ0n) is 13.6. The number of halogens is 1. The van der Waals surface area contributed by atoms with Crippen molar-refractivity contribution in [1.29, 1.82) is 0 Å². The Morgan fingerprint density at radius 3 is 2.73 bits per heavy atom. The maximum atomic E-state index is 12.3. The van der Waals surface area contributed by atoms with E-state index in [-0.39, 0.29) is 11.6 Å². The van der Waals surface area contributed by atoms with Gasteiger partial charge in [0, 0.05) is 28.4 Å². The van der Waals surface area contributed by atoms with E-state index in [4.69, 9.17) is 0 Å². The Hall–Kier alpha value is -2.75. The summed E-state index contributed by atoms with van der Waals surface area (Å²) in [7, 11) is 0. The smallest absolute Gasteiger partial charge is 0.270 e. The third-order valence-corrected chi connectivity index (χ3v) is 4.70. The Morgan fingerprint density at radius 2 is 2.00 bits per heavy atom. The molecule has 0 atom stereocenters. The molecule has 2 aromatic carbocycles. The molecular formula is C18H15IN4O3. The Labute approximate surface area is 163 Å². The molecule has 3 aromatic rings. The van der Waals surface area contributed by atoms with Crippen LogP contribution in [0.15, 0.2) is 60.9 Å². The summed E-state index contributed by atoms with van der Waals surface area (Å²) in [5.74, 6) is -0.325. The number of nitro groups is 1. The lowest BCUT2D eigenvalue weighted by molar-refractivity contribution is -0.384. The maximum Gasteiger partial charge on any atom is 0.270 e. The van der Waals surface area contributed by atoms with Gasteiger partial charge in [0.05, 0.1) is 22.4 Å². The highest BCUT2D eigenvalue weighted by Gasteiger charge is 2.15. The summed E-state index contributed by atoms with van der Waals surface area (Å²) in [6.07, 6.45) is 4.29. The van der Waals surface area contributed by atoms with Crippen molar-refractivity contribution in [2.45, 2.75) is 6.42 Å². The van der Waals surface area contributed by atoms with E-state index in [2.05, 4.69) is 10.4 Å². The van der Waals surface area contributed by atoms with Gasteiger partial charge in [0.2, 0.25) is 0 Å². The summed E-state index contributed by atoms with van der Waals surface area (Å²) in [4.78, 5) is 22.7. The normalized spacial score (nSPS) is 10.5. The molecule has 0 saturated heterocycles. The lowest BCUT2D eigenvalue weighted by Crippen LogP contribution is -2.26. The number of nitrogens with one attached hydrogen (secondary N) is 1. The van der Waals surface area contributed by atoms with Crippen molar-refractivity contribution >= 4 is 34.2 Å². The Morgan fingerprint density at radius 1 is 1.23 bits per heavy atom. The SMILES string of the molecule is O=C(NCCc1cnn(-c2ccccc2)c1)c1cc([N+](=O)[O-])ccc1I. The lowest BCUT2D eigenvalue weighted by atomic mass is 10.2. The number of rotatable bonds is 6. The van der Waals surface area contributed by atoms with E-state index in [1.165, 1.54) is 12.1 Å². The van der Waals surface area contributed by atoms with E-state index in [0.717, 1.165) is 11.3 Å². The molecule has 1 aromatic heterocycles. The second-order valence-corrected chi connectivity index (χ2v) is 6.72. The number of carbonyl (C=O) groups is 1. The third kappa shape index (κ3) is 4.26. The summed E-state index contributed by atoms with van der Waals surface area (Å²) in [6, 6.07) is 14.0. The number of nitro benzene ring substituents is 1. The first-order chi connectivity index (χ1) is 12.5. The van der Waals surface area contributed by atoms with E-state index >= 15 is 0 Å². The van der Waals surface area contributed by atoms with E-state index in [9.17, 15) is 14.9 Å². The number of amides is 1. The number of carbonyl (C=O) groups excluding carboxylic acids is 1. The van der Waals surface area contributed by atoms with Crippen LogP contribution in [0.5, 0.6) is 0 Å². The van der Waals surface area contributed by atoms with Crippen molar-refractivity contribution < 1.29 is 9.72 Å². The summed E-state index contributed by atoms with van der Waals surface area (Å²) in [5.41, 5.74) is 2.16. The van der Waals surface area contributed by atoms with Crippen LogP contribution in [0.25, 0.3) is 5.69 Å². The Bertz CT molecular complexity index is 941. The van der Waals surface area contributed by atoms with Gasteiger partial charge in [-0.15, -0.1) is 0 Å². The number of para-hydroxylation sites is 1. The van der Waals surface area contributed by atoms with Crippen LogP contribution in [0.3, 0.4) is 0 Å². The highest BCUT2D eigenvalue weighted by atomic mass is 127. The summed E-state index contributed by atoms with van der Waals surface area (Å²) < 4.78 is 2.45. The van der Waals surface area contributed by atoms with Gasteiger partial charge in [0.1, 0.15) is 0 Å². The Kier molecular flexibility index (Phi) is 5.61. The zero-order chi connectivity index (χ0) is 18.5. The molecule has 0 bridgehead atoms. The summed E-state index contributed by atoms with van der Waals surface area (Å²) >= 11 is 1.99. The van der Waals surface area contributed by atoms with E-state index < -0.39 is 4.92 Å². The number of benzene rings is 2. The van der Waals surface area contributed by atoms with Gasteiger partial charge in [0.15, 0.2) is 0 Å². The molecule has 0 spiro atoms. The zero-order valence-corrected chi connectivity index (χ0v) is 15.8. The predicted molar refractivity (Wildman–Crippen MR) is 105 cm³/mol. The predicted octanol–water partition coefficient (Wildman–Crippen LogP) is 3.36. The Balaban J connectivity index is 1.60. The molecule has 7 nitrogen and oxygen atoms in total. The number of non-ortho nitro benzene ring substituents is 1. The van der Waals surface area contributed by atoms with Crippen LogP contribution in [0.4, 0.5) is 5.69 Å². The van der Waals surface area contributed by atoms with Crippen molar-refractivity contribution in [3.63, 3.8) is 0 Å². The highest BCUT2D eigenvalue weighted by Crippen LogP contribution is 2.19. The minimum atomic E-state index is -0.509. The van der Waals surface area contributed by atoms with Crippen molar-refractivity contribution in [1.82, 2.24) is 15.1 Å². The largest absolute Gasteiger partial charge is 0.352 e. The number of hydrogen-bond acceptors (Lipinski definition) is 4. The van der Waals surface area contributed by atoms with E-state index in [1.54, 1.807) is 16.9 Å². The van der Waals surface area contributed by atoms with Gasteiger partial charge in [-0.05, 0) is 52.8 Å². The minimum absolute atomic E-state index is 0.0975. The maximum absolute atomic E-state index is 12.3. The molecule has 0 aliphatic heterocycles. The molecule has 3 rings (SSSR count). The molecule has 0 fully saturated rings. The first-order valence-corrected chi connectivity index (χ1v) is 8.93. The van der Waals surface area contributed by atoms with Crippen molar-refractivity contribution in [2.24, 2.45) is 0 Å². The average Bonchev–Trinajstić information content (AvgIpc) is 3.11. The van der Waals surface area contributed by atoms with Gasteiger partial charge in [0.25, 0.3) is 11.6 Å². The van der Waals surface area contributed by atoms with Crippen LogP contribution in [-0.2, 0) is 6.42 Å².